The molecule has 0 aromatic carbocycles. The van der Waals surface area contributed by atoms with Crippen LogP contribution in [0, 0.1) is 5.92 Å². The second-order valence-electron chi connectivity index (χ2n) is 4.62. The summed E-state index contributed by atoms with van der Waals surface area (Å²) < 4.78 is 5.19. The Kier molecular flexibility index (Phi) is 4.54. The van der Waals surface area contributed by atoms with E-state index in [9.17, 15) is 4.79 Å². The van der Waals surface area contributed by atoms with Crippen LogP contribution in [-0.2, 0) is 9.53 Å². The summed E-state index contributed by atoms with van der Waals surface area (Å²) in [4.78, 5) is 13.5. The fourth-order valence-corrected chi connectivity index (χ4v) is 1.83. The lowest BCUT2D eigenvalue weighted by molar-refractivity contribution is -0.129. The highest BCUT2D eigenvalue weighted by Gasteiger charge is 2.31. The lowest BCUT2D eigenvalue weighted by Crippen LogP contribution is -2.42. The van der Waals surface area contributed by atoms with Gasteiger partial charge in [0.1, 0.15) is 0 Å². The zero-order valence-corrected chi connectivity index (χ0v) is 10.1. The van der Waals surface area contributed by atoms with Gasteiger partial charge in [-0.05, 0) is 19.3 Å². The highest BCUT2D eigenvalue weighted by molar-refractivity contribution is 5.80. The summed E-state index contributed by atoms with van der Waals surface area (Å²) in [5, 5.41) is 3.24. The van der Waals surface area contributed by atoms with Gasteiger partial charge in [-0.1, -0.05) is 13.8 Å². The topological polar surface area (TPSA) is 41.6 Å². The molecule has 0 radical (unpaired) electrons. The van der Waals surface area contributed by atoms with Gasteiger partial charge in [0.2, 0.25) is 5.91 Å². The largest absolute Gasteiger partial charge is 0.380 e. The molecular formula is C11H22N2O2. The molecule has 0 saturated carbocycles. The third-order valence-electron chi connectivity index (χ3n) is 2.74. The van der Waals surface area contributed by atoms with Crippen LogP contribution in [0.25, 0.3) is 0 Å². The highest BCUT2D eigenvalue weighted by Crippen LogP contribution is 2.14. The fourth-order valence-electron chi connectivity index (χ4n) is 1.83. The van der Waals surface area contributed by atoms with Crippen LogP contribution >= 0.6 is 0 Å². The van der Waals surface area contributed by atoms with E-state index in [-0.39, 0.29) is 18.2 Å². The molecule has 1 heterocycles. The van der Waals surface area contributed by atoms with Crippen molar-refractivity contribution in [2.24, 2.45) is 5.92 Å². The molecule has 1 N–H and O–H groups in total. The van der Waals surface area contributed by atoms with Crippen molar-refractivity contribution in [1.82, 2.24) is 10.2 Å². The maximum absolute atomic E-state index is 11.6. The molecule has 0 aromatic heterocycles. The van der Waals surface area contributed by atoms with Crippen molar-refractivity contribution >= 4 is 5.91 Å². The quantitative estimate of drug-likeness (QED) is 0.737. The Balaban J connectivity index is 2.52. The first-order chi connectivity index (χ1) is 7.04. The molecule has 1 aliphatic rings. The Hall–Kier alpha value is -0.610. The van der Waals surface area contributed by atoms with E-state index in [4.69, 9.17) is 4.74 Å². The summed E-state index contributed by atoms with van der Waals surface area (Å²) in [6.45, 7) is 7.47. The van der Waals surface area contributed by atoms with Crippen LogP contribution in [-0.4, -0.2) is 43.3 Å². The minimum Gasteiger partial charge on any atom is -0.380 e. The third kappa shape index (κ3) is 3.47. The van der Waals surface area contributed by atoms with Gasteiger partial charge in [0.25, 0.3) is 0 Å². The second kappa shape index (κ2) is 5.47. The summed E-state index contributed by atoms with van der Waals surface area (Å²) in [6, 6.07) is 0. The Morgan fingerprint density at radius 3 is 2.73 bits per heavy atom. The van der Waals surface area contributed by atoms with E-state index in [0.29, 0.717) is 19.0 Å². The number of hydrogen-bond donors (Lipinski definition) is 1. The number of ether oxygens (including phenoxy) is 1. The number of nitrogens with one attached hydrogen (secondary N) is 1. The Morgan fingerprint density at radius 2 is 2.20 bits per heavy atom. The highest BCUT2D eigenvalue weighted by atomic mass is 16.5. The average Bonchev–Trinajstić information content (AvgIpc) is 2.49. The van der Waals surface area contributed by atoms with E-state index in [2.05, 4.69) is 19.2 Å². The van der Waals surface area contributed by atoms with Gasteiger partial charge in [0.15, 0.2) is 0 Å². The number of methoxy groups -OCH3 is 1. The van der Waals surface area contributed by atoms with E-state index < -0.39 is 0 Å². The van der Waals surface area contributed by atoms with Crippen LogP contribution in [0.1, 0.15) is 27.2 Å². The molecule has 1 amide bonds. The summed E-state index contributed by atoms with van der Waals surface area (Å²) in [7, 11) is 1.68. The first-order valence-corrected chi connectivity index (χ1v) is 5.60. The number of hydrogen-bond acceptors (Lipinski definition) is 3. The van der Waals surface area contributed by atoms with Crippen molar-refractivity contribution < 1.29 is 9.53 Å². The molecule has 15 heavy (non-hydrogen) atoms. The molecule has 0 aliphatic carbocycles. The van der Waals surface area contributed by atoms with E-state index in [0.717, 1.165) is 6.42 Å². The molecule has 1 saturated heterocycles. The standard InChI is InChI=1S/C11H22N2O2/c1-8(2)5-10-12-6-11(14)13(10)7-9(3)15-4/h8-10,12H,5-7H2,1-4H3. The Bertz CT molecular complexity index is 219. The van der Waals surface area contributed by atoms with Crippen LogP contribution in [0.3, 0.4) is 0 Å². The fraction of sp³-hybridized carbons (Fsp3) is 0.909. The molecule has 88 valence electrons. The molecule has 1 aliphatic heterocycles. The van der Waals surface area contributed by atoms with E-state index >= 15 is 0 Å². The molecule has 4 heteroatoms. The maximum atomic E-state index is 11.6. The number of rotatable bonds is 5. The average molecular weight is 214 g/mol. The molecule has 1 fully saturated rings. The molecule has 2 unspecified atom stereocenters. The van der Waals surface area contributed by atoms with Gasteiger partial charge < -0.3 is 9.64 Å². The van der Waals surface area contributed by atoms with Gasteiger partial charge in [-0.2, -0.15) is 0 Å². The number of carbonyl (C=O) groups excluding carboxylic acids is 1. The summed E-state index contributed by atoms with van der Waals surface area (Å²) in [5.74, 6) is 0.776. The third-order valence-corrected chi connectivity index (χ3v) is 2.74. The molecule has 0 aromatic rings. The van der Waals surface area contributed by atoms with Gasteiger partial charge in [-0.15, -0.1) is 0 Å². The smallest absolute Gasteiger partial charge is 0.237 e. The number of carbonyl (C=O) groups is 1. The van der Waals surface area contributed by atoms with E-state index in [1.54, 1.807) is 7.11 Å². The maximum Gasteiger partial charge on any atom is 0.237 e. The SMILES string of the molecule is COC(C)CN1C(=O)CNC1CC(C)C. The van der Waals surface area contributed by atoms with Crippen molar-refractivity contribution in [3.05, 3.63) is 0 Å². The molecular weight excluding hydrogens is 192 g/mol. The minimum absolute atomic E-state index is 0.100. The van der Waals surface area contributed by atoms with Crippen LogP contribution < -0.4 is 5.32 Å². The van der Waals surface area contributed by atoms with Crippen molar-refractivity contribution in [2.45, 2.75) is 39.5 Å². The zero-order chi connectivity index (χ0) is 11.4. The van der Waals surface area contributed by atoms with Gasteiger partial charge in [0.05, 0.1) is 18.8 Å². The normalized spacial score (nSPS) is 23.9. The minimum atomic E-state index is 0.100. The van der Waals surface area contributed by atoms with Gasteiger partial charge in [0, 0.05) is 13.7 Å². The van der Waals surface area contributed by atoms with Crippen molar-refractivity contribution in [3.63, 3.8) is 0 Å². The van der Waals surface area contributed by atoms with Crippen LogP contribution in [0.2, 0.25) is 0 Å². The van der Waals surface area contributed by atoms with E-state index in [1.165, 1.54) is 0 Å². The zero-order valence-electron chi connectivity index (χ0n) is 10.1. The first-order valence-electron chi connectivity index (χ1n) is 5.60. The van der Waals surface area contributed by atoms with Crippen molar-refractivity contribution in [1.29, 1.82) is 0 Å². The first kappa shape index (κ1) is 12.5. The van der Waals surface area contributed by atoms with Crippen LogP contribution in [0.15, 0.2) is 0 Å². The number of amides is 1. The van der Waals surface area contributed by atoms with Crippen LogP contribution in [0.5, 0.6) is 0 Å². The molecule has 4 nitrogen and oxygen atoms in total. The Labute approximate surface area is 92.0 Å². The molecule has 2 atom stereocenters. The predicted octanol–water partition coefficient (Wildman–Crippen LogP) is 0.825. The van der Waals surface area contributed by atoms with Gasteiger partial charge >= 0.3 is 0 Å². The Morgan fingerprint density at radius 1 is 1.53 bits per heavy atom. The second-order valence-corrected chi connectivity index (χ2v) is 4.62. The van der Waals surface area contributed by atoms with E-state index in [1.807, 2.05) is 11.8 Å². The monoisotopic (exact) mass is 214 g/mol. The summed E-state index contributed by atoms with van der Waals surface area (Å²) in [6.07, 6.45) is 1.29. The molecule has 0 spiro atoms. The molecule has 0 bridgehead atoms. The predicted molar refractivity (Wildman–Crippen MR) is 59.4 cm³/mol. The van der Waals surface area contributed by atoms with Crippen LogP contribution in [0.4, 0.5) is 0 Å². The van der Waals surface area contributed by atoms with Crippen molar-refractivity contribution in [3.8, 4) is 0 Å². The summed E-state index contributed by atoms with van der Waals surface area (Å²) >= 11 is 0. The lowest BCUT2D eigenvalue weighted by Gasteiger charge is -2.27. The van der Waals surface area contributed by atoms with Gasteiger partial charge in [-0.3, -0.25) is 10.1 Å². The molecule has 1 rings (SSSR count). The summed E-state index contributed by atoms with van der Waals surface area (Å²) in [5.41, 5.74) is 0. The van der Waals surface area contributed by atoms with Gasteiger partial charge in [-0.25, -0.2) is 0 Å². The lowest BCUT2D eigenvalue weighted by atomic mass is 10.1. The van der Waals surface area contributed by atoms with Crippen molar-refractivity contribution in [2.75, 3.05) is 20.2 Å². The number of nitrogens with zero attached hydrogens (tertiary/aromatic N) is 1.